The van der Waals surface area contributed by atoms with Gasteiger partial charge in [-0.2, -0.15) is 0 Å². The average molecular weight is 128 g/mol. The number of unbranched alkanes of at least 4 members (excludes halogenated alkanes) is 2. The Balaban J connectivity index is 2.65. The minimum Gasteiger partial charge on any atom is -0.108 e. The Kier molecular flexibility index (Phi) is 6.83. The van der Waals surface area contributed by atoms with Crippen molar-refractivity contribution in [1.82, 2.24) is 0 Å². The van der Waals surface area contributed by atoms with Crippen molar-refractivity contribution in [3.05, 3.63) is 0 Å². The highest BCUT2D eigenvalue weighted by Crippen LogP contribution is 2.02. The van der Waals surface area contributed by atoms with Crippen molar-refractivity contribution in [2.24, 2.45) is 0 Å². The van der Waals surface area contributed by atoms with Crippen LogP contribution in [-0.2, 0) is 0 Å². The molecule has 0 nitrogen and oxygen atoms in total. The molecule has 0 saturated carbocycles. The molecule has 8 heavy (non-hydrogen) atoms. The molecule has 0 spiro atoms. The molecular weight excluding hydrogens is 116 g/mol. The van der Waals surface area contributed by atoms with Gasteiger partial charge in [0.15, 0.2) is 0 Å². The second-order valence-electron chi connectivity index (χ2n) is 1.67. The Morgan fingerprint density at radius 2 is 2.25 bits per heavy atom. The van der Waals surface area contributed by atoms with Gasteiger partial charge in [0.1, 0.15) is 0 Å². The minimum atomic E-state index is 1.13. The first-order valence-corrected chi connectivity index (χ1v) is 3.97. The summed E-state index contributed by atoms with van der Waals surface area (Å²) in [5.74, 6) is 1.13. The van der Waals surface area contributed by atoms with Crippen molar-refractivity contribution in [2.45, 2.75) is 26.2 Å². The van der Waals surface area contributed by atoms with Crippen LogP contribution in [0.3, 0.4) is 0 Å². The standard InChI is InChI=1S/C7H12S/c1-3-5-6-7-8-4-2/h2H,3,5-7H2,1H3. The van der Waals surface area contributed by atoms with Crippen LogP contribution in [0.5, 0.6) is 0 Å². The third-order valence-corrected chi connectivity index (χ3v) is 1.59. The molecule has 0 atom stereocenters. The molecule has 0 heterocycles. The molecule has 0 radical (unpaired) electrons. The monoisotopic (exact) mass is 128 g/mol. The summed E-state index contributed by atoms with van der Waals surface area (Å²) in [6, 6.07) is 0. The van der Waals surface area contributed by atoms with Crippen LogP contribution in [-0.4, -0.2) is 5.75 Å². The Morgan fingerprint density at radius 3 is 2.75 bits per heavy atom. The predicted molar refractivity (Wildman–Crippen MR) is 40.8 cm³/mol. The minimum absolute atomic E-state index is 1.13. The summed E-state index contributed by atoms with van der Waals surface area (Å²) in [6.45, 7) is 2.19. The molecule has 0 aliphatic carbocycles. The first kappa shape index (κ1) is 7.91. The summed E-state index contributed by atoms with van der Waals surface area (Å²) in [4.78, 5) is 0. The lowest BCUT2D eigenvalue weighted by Gasteiger charge is -1.90. The molecule has 0 fully saturated rings. The molecule has 0 aliphatic rings. The van der Waals surface area contributed by atoms with E-state index in [1.165, 1.54) is 19.3 Å². The lowest BCUT2D eigenvalue weighted by molar-refractivity contribution is 0.779. The molecule has 0 saturated heterocycles. The molecule has 46 valence electrons. The molecular formula is C7H12S. The smallest absolute Gasteiger partial charge is 0.00566 e. The summed E-state index contributed by atoms with van der Waals surface area (Å²) in [6.07, 6.45) is 8.89. The van der Waals surface area contributed by atoms with Crippen LogP contribution in [0.1, 0.15) is 26.2 Å². The van der Waals surface area contributed by atoms with Gasteiger partial charge in [-0.1, -0.05) is 31.5 Å². The number of terminal acetylenes is 1. The molecule has 0 bridgehead atoms. The number of hydrogen-bond acceptors (Lipinski definition) is 1. The van der Waals surface area contributed by atoms with E-state index in [2.05, 4.69) is 12.2 Å². The van der Waals surface area contributed by atoms with Crippen LogP contribution in [0.15, 0.2) is 0 Å². The molecule has 0 aromatic heterocycles. The van der Waals surface area contributed by atoms with Crippen molar-refractivity contribution in [1.29, 1.82) is 0 Å². The maximum atomic E-state index is 5.02. The lowest BCUT2D eigenvalue weighted by atomic mass is 10.3. The van der Waals surface area contributed by atoms with Gasteiger partial charge in [-0.05, 0) is 11.7 Å². The summed E-state index contributed by atoms with van der Waals surface area (Å²) in [5.41, 5.74) is 0. The first-order valence-electron chi connectivity index (χ1n) is 2.99. The number of rotatable bonds is 4. The van der Waals surface area contributed by atoms with E-state index in [4.69, 9.17) is 6.42 Å². The molecule has 0 amide bonds. The zero-order chi connectivity index (χ0) is 6.24. The van der Waals surface area contributed by atoms with E-state index in [-0.39, 0.29) is 0 Å². The highest BCUT2D eigenvalue weighted by molar-refractivity contribution is 8.03. The molecule has 0 aliphatic heterocycles. The fourth-order valence-corrected chi connectivity index (χ4v) is 0.949. The number of thioether (sulfide) groups is 1. The van der Waals surface area contributed by atoms with Crippen LogP contribution < -0.4 is 0 Å². The number of hydrogen-bond donors (Lipinski definition) is 0. The molecule has 0 N–H and O–H groups in total. The Hall–Kier alpha value is -0.0900. The maximum absolute atomic E-state index is 5.02. The Labute approximate surface area is 56.1 Å². The highest BCUT2D eigenvalue weighted by Gasteiger charge is 1.82. The molecule has 0 rings (SSSR count). The quantitative estimate of drug-likeness (QED) is 0.414. The van der Waals surface area contributed by atoms with Crippen LogP contribution in [0.25, 0.3) is 0 Å². The van der Waals surface area contributed by atoms with Crippen LogP contribution >= 0.6 is 11.8 Å². The normalized spacial score (nSPS) is 8.50. The topological polar surface area (TPSA) is 0 Å². The zero-order valence-electron chi connectivity index (χ0n) is 5.31. The summed E-state index contributed by atoms with van der Waals surface area (Å²) >= 11 is 1.58. The second kappa shape index (κ2) is 6.91. The second-order valence-corrected chi connectivity index (χ2v) is 2.61. The summed E-state index contributed by atoms with van der Waals surface area (Å²) < 4.78 is 0. The van der Waals surface area contributed by atoms with Gasteiger partial charge in [-0.15, -0.1) is 6.42 Å². The largest absolute Gasteiger partial charge is 0.108 e. The fraction of sp³-hybridized carbons (Fsp3) is 0.714. The van der Waals surface area contributed by atoms with Gasteiger partial charge in [0.25, 0.3) is 0 Å². The van der Waals surface area contributed by atoms with E-state index in [1.807, 2.05) is 0 Å². The van der Waals surface area contributed by atoms with Gasteiger partial charge >= 0.3 is 0 Å². The van der Waals surface area contributed by atoms with E-state index in [0.29, 0.717) is 0 Å². The van der Waals surface area contributed by atoms with Crippen molar-refractivity contribution in [3.8, 4) is 11.7 Å². The van der Waals surface area contributed by atoms with E-state index < -0.39 is 0 Å². The third-order valence-electron chi connectivity index (χ3n) is 0.933. The van der Waals surface area contributed by atoms with Gasteiger partial charge < -0.3 is 0 Å². The maximum Gasteiger partial charge on any atom is 0.00566 e. The van der Waals surface area contributed by atoms with Crippen LogP contribution in [0.4, 0.5) is 0 Å². The van der Waals surface area contributed by atoms with E-state index in [1.54, 1.807) is 11.8 Å². The first-order chi connectivity index (χ1) is 3.91. The fourth-order valence-electron chi connectivity index (χ4n) is 0.483. The summed E-state index contributed by atoms with van der Waals surface area (Å²) in [7, 11) is 0. The van der Waals surface area contributed by atoms with Crippen molar-refractivity contribution in [2.75, 3.05) is 5.75 Å². The van der Waals surface area contributed by atoms with Crippen molar-refractivity contribution >= 4 is 11.8 Å². The van der Waals surface area contributed by atoms with E-state index >= 15 is 0 Å². The Bertz CT molecular complexity index is 70.9. The van der Waals surface area contributed by atoms with E-state index in [0.717, 1.165) is 5.75 Å². The average Bonchev–Trinajstić information content (AvgIpc) is 1.81. The van der Waals surface area contributed by atoms with Gasteiger partial charge in [-0.3, -0.25) is 0 Å². The molecule has 0 unspecified atom stereocenters. The van der Waals surface area contributed by atoms with Crippen LogP contribution in [0.2, 0.25) is 0 Å². The lowest BCUT2D eigenvalue weighted by Crippen LogP contribution is -1.75. The van der Waals surface area contributed by atoms with Crippen molar-refractivity contribution in [3.63, 3.8) is 0 Å². The van der Waals surface area contributed by atoms with Gasteiger partial charge in [0, 0.05) is 5.75 Å². The van der Waals surface area contributed by atoms with Gasteiger partial charge in [0.2, 0.25) is 0 Å². The van der Waals surface area contributed by atoms with Gasteiger partial charge in [-0.25, -0.2) is 0 Å². The highest BCUT2D eigenvalue weighted by atomic mass is 32.2. The zero-order valence-corrected chi connectivity index (χ0v) is 6.13. The predicted octanol–water partition coefficient (Wildman–Crippen LogP) is 2.50. The molecule has 1 heteroatoms. The van der Waals surface area contributed by atoms with Crippen molar-refractivity contribution < 1.29 is 0 Å². The van der Waals surface area contributed by atoms with Gasteiger partial charge in [0.05, 0.1) is 0 Å². The molecule has 0 aromatic carbocycles. The van der Waals surface area contributed by atoms with E-state index in [9.17, 15) is 0 Å². The Morgan fingerprint density at radius 1 is 1.50 bits per heavy atom. The summed E-state index contributed by atoms with van der Waals surface area (Å²) in [5, 5.41) is 2.54. The molecule has 0 aromatic rings. The third kappa shape index (κ3) is 5.91. The SMILES string of the molecule is C#CSCCCCC. The van der Waals surface area contributed by atoms with Crippen LogP contribution in [0, 0.1) is 11.7 Å².